The van der Waals surface area contributed by atoms with Crippen LogP contribution in [0.25, 0.3) is 5.69 Å². The number of para-hydroxylation sites is 1. The summed E-state index contributed by atoms with van der Waals surface area (Å²) in [6.45, 7) is 3.41. The number of rotatable bonds is 4. The Morgan fingerprint density at radius 3 is 2.65 bits per heavy atom. The van der Waals surface area contributed by atoms with E-state index in [1.165, 1.54) is 34.0 Å². The molecule has 26 heavy (non-hydrogen) atoms. The first-order valence-electron chi connectivity index (χ1n) is 8.06. The van der Waals surface area contributed by atoms with Crippen molar-refractivity contribution >= 4 is 5.91 Å². The molecule has 0 radical (unpaired) electrons. The van der Waals surface area contributed by atoms with E-state index in [0.29, 0.717) is 11.5 Å². The van der Waals surface area contributed by atoms with Gasteiger partial charge in [0.15, 0.2) is 5.69 Å². The Balaban J connectivity index is 2.02. The number of benzene rings is 1. The van der Waals surface area contributed by atoms with Gasteiger partial charge in [-0.3, -0.25) is 9.59 Å². The SMILES string of the molecule is Cc1cc(=O)c(C(=O)N(C)C(C)c2ccco2)nn1-c1ccccc1F. The Kier molecular flexibility index (Phi) is 4.71. The molecule has 1 atom stereocenters. The number of furan rings is 1. The summed E-state index contributed by atoms with van der Waals surface area (Å²) in [5.74, 6) is -0.478. The molecule has 0 saturated carbocycles. The zero-order valence-electron chi connectivity index (χ0n) is 14.6. The molecule has 3 rings (SSSR count). The van der Waals surface area contributed by atoms with Gasteiger partial charge in [-0.05, 0) is 38.1 Å². The summed E-state index contributed by atoms with van der Waals surface area (Å²) in [6, 6.07) is 10.4. The van der Waals surface area contributed by atoms with Crippen molar-refractivity contribution in [3.05, 3.63) is 81.9 Å². The van der Waals surface area contributed by atoms with E-state index in [1.807, 2.05) is 0 Å². The Labute approximate surface area is 149 Å². The van der Waals surface area contributed by atoms with Crippen molar-refractivity contribution in [1.29, 1.82) is 0 Å². The van der Waals surface area contributed by atoms with Crippen molar-refractivity contribution in [3.63, 3.8) is 0 Å². The van der Waals surface area contributed by atoms with Crippen LogP contribution >= 0.6 is 0 Å². The van der Waals surface area contributed by atoms with Crippen LogP contribution in [0, 0.1) is 12.7 Å². The number of nitrogens with zero attached hydrogens (tertiary/aromatic N) is 3. The smallest absolute Gasteiger partial charge is 0.278 e. The second-order valence-electron chi connectivity index (χ2n) is 5.97. The number of aromatic nitrogens is 2. The minimum atomic E-state index is -0.566. The molecular weight excluding hydrogens is 337 g/mol. The van der Waals surface area contributed by atoms with E-state index in [2.05, 4.69) is 5.10 Å². The first-order chi connectivity index (χ1) is 12.4. The summed E-state index contributed by atoms with van der Waals surface area (Å²) < 4.78 is 20.7. The van der Waals surface area contributed by atoms with Gasteiger partial charge in [-0.1, -0.05) is 12.1 Å². The van der Waals surface area contributed by atoms with Gasteiger partial charge in [0.05, 0.1) is 12.3 Å². The van der Waals surface area contributed by atoms with Gasteiger partial charge in [-0.2, -0.15) is 5.10 Å². The summed E-state index contributed by atoms with van der Waals surface area (Å²) in [5, 5.41) is 4.13. The van der Waals surface area contributed by atoms with Crippen LogP contribution in [0.1, 0.15) is 34.9 Å². The quantitative estimate of drug-likeness (QED) is 0.721. The molecular formula is C19H18FN3O3. The normalized spacial score (nSPS) is 12.0. The average Bonchev–Trinajstić information content (AvgIpc) is 3.15. The highest BCUT2D eigenvalue weighted by atomic mass is 19.1. The van der Waals surface area contributed by atoms with Gasteiger partial charge < -0.3 is 9.32 Å². The van der Waals surface area contributed by atoms with Crippen LogP contribution in [0.15, 0.2) is 57.9 Å². The third-order valence-electron chi connectivity index (χ3n) is 4.25. The van der Waals surface area contributed by atoms with Gasteiger partial charge in [0.1, 0.15) is 17.3 Å². The maximum absolute atomic E-state index is 14.1. The van der Waals surface area contributed by atoms with E-state index < -0.39 is 17.2 Å². The van der Waals surface area contributed by atoms with Crippen LogP contribution in [0.4, 0.5) is 4.39 Å². The molecule has 0 N–H and O–H groups in total. The second-order valence-corrected chi connectivity index (χ2v) is 5.97. The summed E-state index contributed by atoms with van der Waals surface area (Å²) in [6.07, 6.45) is 1.51. The van der Waals surface area contributed by atoms with Crippen LogP contribution in [0.3, 0.4) is 0 Å². The highest BCUT2D eigenvalue weighted by Gasteiger charge is 2.25. The van der Waals surface area contributed by atoms with E-state index in [9.17, 15) is 14.0 Å². The fourth-order valence-corrected chi connectivity index (χ4v) is 2.63. The molecule has 1 aromatic carbocycles. The van der Waals surface area contributed by atoms with Crippen molar-refractivity contribution in [2.45, 2.75) is 19.9 Å². The van der Waals surface area contributed by atoms with E-state index in [1.54, 1.807) is 45.2 Å². The van der Waals surface area contributed by atoms with E-state index in [4.69, 9.17) is 4.42 Å². The van der Waals surface area contributed by atoms with Gasteiger partial charge >= 0.3 is 0 Å². The molecule has 0 aliphatic carbocycles. The molecule has 0 saturated heterocycles. The summed E-state index contributed by atoms with van der Waals surface area (Å²) in [4.78, 5) is 26.5. The molecule has 1 amide bonds. The lowest BCUT2D eigenvalue weighted by molar-refractivity contribution is 0.0716. The third kappa shape index (κ3) is 3.15. The maximum Gasteiger partial charge on any atom is 0.278 e. The largest absolute Gasteiger partial charge is 0.467 e. The molecule has 0 aliphatic rings. The van der Waals surface area contributed by atoms with Crippen molar-refractivity contribution < 1.29 is 13.6 Å². The fourth-order valence-electron chi connectivity index (χ4n) is 2.63. The number of halogens is 1. The molecule has 134 valence electrons. The number of amides is 1. The van der Waals surface area contributed by atoms with Crippen LogP contribution in [-0.4, -0.2) is 27.6 Å². The summed E-state index contributed by atoms with van der Waals surface area (Å²) in [5.41, 5.74) is -0.197. The van der Waals surface area contributed by atoms with Crippen LogP contribution in [0.2, 0.25) is 0 Å². The Morgan fingerprint density at radius 2 is 2.00 bits per heavy atom. The zero-order chi connectivity index (χ0) is 18.8. The summed E-state index contributed by atoms with van der Waals surface area (Å²) in [7, 11) is 1.56. The molecule has 0 spiro atoms. The predicted molar refractivity (Wildman–Crippen MR) is 93.7 cm³/mol. The maximum atomic E-state index is 14.1. The average molecular weight is 355 g/mol. The van der Waals surface area contributed by atoms with Gasteiger partial charge in [-0.15, -0.1) is 0 Å². The molecule has 0 aliphatic heterocycles. The lowest BCUT2D eigenvalue weighted by Crippen LogP contribution is -2.35. The molecule has 6 nitrogen and oxygen atoms in total. The van der Waals surface area contributed by atoms with E-state index in [0.717, 1.165) is 0 Å². The molecule has 7 heteroatoms. The topological polar surface area (TPSA) is 68.3 Å². The highest BCUT2D eigenvalue weighted by molar-refractivity contribution is 5.92. The predicted octanol–water partition coefficient (Wildman–Crippen LogP) is 3.11. The first kappa shape index (κ1) is 17.6. The fraction of sp³-hybridized carbons (Fsp3) is 0.211. The molecule has 2 heterocycles. The zero-order valence-corrected chi connectivity index (χ0v) is 14.6. The van der Waals surface area contributed by atoms with E-state index in [-0.39, 0.29) is 17.4 Å². The lowest BCUT2D eigenvalue weighted by atomic mass is 10.2. The monoisotopic (exact) mass is 355 g/mol. The standard InChI is InChI=1S/C19H18FN3O3/c1-12-11-16(24)18(21-23(12)15-8-5-4-7-14(15)20)19(25)22(3)13(2)17-9-6-10-26-17/h4-11,13H,1-3H3. The minimum Gasteiger partial charge on any atom is -0.467 e. The number of carbonyl (C=O) groups is 1. The van der Waals surface area contributed by atoms with Gasteiger partial charge in [0.2, 0.25) is 5.43 Å². The van der Waals surface area contributed by atoms with Crippen molar-refractivity contribution in [2.24, 2.45) is 0 Å². The minimum absolute atomic E-state index is 0.167. The Morgan fingerprint density at radius 1 is 1.27 bits per heavy atom. The number of hydrogen-bond donors (Lipinski definition) is 0. The van der Waals surface area contributed by atoms with Crippen LogP contribution in [0.5, 0.6) is 0 Å². The summed E-state index contributed by atoms with van der Waals surface area (Å²) >= 11 is 0. The Bertz CT molecular complexity index is 996. The number of carbonyl (C=O) groups excluding carboxylic acids is 1. The molecule has 1 unspecified atom stereocenters. The van der Waals surface area contributed by atoms with Gasteiger partial charge in [0.25, 0.3) is 5.91 Å². The lowest BCUT2D eigenvalue weighted by Gasteiger charge is -2.23. The first-order valence-corrected chi connectivity index (χ1v) is 8.06. The van der Waals surface area contributed by atoms with Gasteiger partial charge in [0, 0.05) is 18.8 Å². The molecule has 0 bridgehead atoms. The Hall–Kier alpha value is -3.22. The third-order valence-corrected chi connectivity index (χ3v) is 4.25. The van der Waals surface area contributed by atoms with Crippen molar-refractivity contribution in [1.82, 2.24) is 14.7 Å². The number of aryl methyl sites for hydroxylation is 1. The van der Waals surface area contributed by atoms with Crippen molar-refractivity contribution in [2.75, 3.05) is 7.05 Å². The van der Waals surface area contributed by atoms with Crippen molar-refractivity contribution in [3.8, 4) is 5.69 Å². The molecule has 0 fully saturated rings. The molecule has 2 aromatic heterocycles. The van der Waals surface area contributed by atoms with Gasteiger partial charge in [-0.25, -0.2) is 9.07 Å². The molecule has 3 aromatic rings. The van der Waals surface area contributed by atoms with E-state index >= 15 is 0 Å². The highest BCUT2D eigenvalue weighted by Crippen LogP contribution is 2.20. The number of hydrogen-bond acceptors (Lipinski definition) is 4. The van der Waals surface area contributed by atoms with Crippen LogP contribution < -0.4 is 5.43 Å². The van der Waals surface area contributed by atoms with Crippen LogP contribution in [-0.2, 0) is 0 Å². The second kappa shape index (κ2) is 6.95.